The first kappa shape index (κ1) is 13.8. The molecular formula is C12H13ClN4OS. The number of aryl methyl sites for hydroxylation is 1. The number of rotatable bonds is 5. The van der Waals surface area contributed by atoms with Crippen molar-refractivity contribution in [2.75, 3.05) is 5.32 Å². The molecule has 0 bridgehead atoms. The van der Waals surface area contributed by atoms with Gasteiger partial charge in [0, 0.05) is 11.1 Å². The van der Waals surface area contributed by atoms with Gasteiger partial charge in [0.15, 0.2) is 0 Å². The van der Waals surface area contributed by atoms with Crippen molar-refractivity contribution >= 4 is 28.6 Å². The molecule has 19 heavy (non-hydrogen) atoms. The molecule has 2 heterocycles. The van der Waals surface area contributed by atoms with Gasteiger partial charge < -0.3 is 5.32 Å². The second kappa shape index (κ2) is 5.99. The first-order valence-electron chi connectivity index (χ1n) is 5.63. The quantitative estimate of drug-likeness (QED) is 0.861. The summed E-state index contributed by atoms with van der Waals surface area (Å²) in [5.74, 6) is 0. The predicted octanol–water partition coefficient (Wildman–Crippen LogP) is 2.46. The fourth-order valence-electron chi connectivity index (χ4n) is 1.51. The molecule has 0 fully saturated rings. The van der Waals surface area contributed by atoms with E-state index >= 15 is 0 Å². The maximum absolute atomic E-state index is 11.9. The summed E-state index contributed by atoms with van der Waals surface area (Å²) in [6, 6.07) is 0. The zero-order valence-corrected chi connectivity index (χ0v) is 12.0. The van der Waals surface area contributed by atoms with Crippen LogP contribution in [0.25, 0.3) is 0 Å². The molecule has 0 atom stereocenters. The van der Waals surface area contributed by atoms with Gasteiger partial charge in [-0.1, -0.05) is 17.7 Å². The van der Waals surface area contributed by atoms with Gasteiger partial charge in [-0.05, 0) is 6.92 Å². The van der Waals surface area contributed by atoms with Crippen molar-refractivity contribution in [2.24, 2.45) is 0 Å². The summed E-state index contributed by atoms with van der Waals surface area (Å²) >= 11 is 7.62. The average Bonchev–Trinajstić information content (AvgIpc) is 2.80. The Hall–Kier alpha value is -1.66. The molecule has 2 rings (SSSR count). The highest BCUT2D eigenvalue weighted by atomic mass is 35.5. The lowest BCUT2D eigenvalue weighted by Gasteiger charge is -2.08. The first-order valence-corrected chi connectivity index (χ1v) is 6.83. The molecule has 7 heteroatoms. The maximum atomic E-state index is 11.9. The fraction of sp³-hybridized carbons (Fsp3) is 0.250. The summed E-state index contributed by atoms with van der Waals surface area (Å²) in [6.45, 7) is 6.41. The number of halogens is 1. The van der Waals surface area contributed by atoms with Crippen LogP contribution in [0.4, 0.5) is 5.69 Å². The van der Waals surface area contributed by atoms with Gasteiger partial charge in [0.1, 0.15) is 5.02 Å². The second-order valence-corrected chi connectivity index (χ2v) is 5.54. The minimum Gasteiger partial charge on any atom is -0.377 e. The Kier molecular flexibility index (Phi) is 4.34. The lowest BCUT2D eigenvalue weighted by molar-refractivity contribution is 0.653. The van der Waals surface area contributed by atoms with E-state index in [0.717, 1.165) is 9.88 Å². The van der Waals surface area contributed by atoms with Crippen molar-refractivity contribution in [3.05, 3.63) is 50.3 Å². The minimum atomic E-state index is -0.327. The third-order valence-electron chi connectivity index (χ3n) is 2.41. The summed E-state index contributed by atoms with van der Waals surface area (Å²) in [7, 11) is 0. The molecule has 5 nitrogen and oxygen atoms in total. The number of anilines is 1. The minimum absolute atomic E-state index is 0.137. The van der Waals surface area contributed by atoms with Crippen LogP contribution in [0, 0.1) is 6.92 Å². The van der Waals surface area contributed by atoms with E-state index in [9.17, 15) is 4.79 Å². The number of aromatic nitrogens is 3. The number of nitrogens with one attached hydrogen (secondary N) is 1. The normalized spacial score (nSPS) is 10.4. The zero-order chi connectivity index (χ0) is 13.8. The Morgan fingerprint density at radius 3 is 3.00 bits per heavy atom. The highest BCUT2D eigenvalue weighted by Gasteiger charge is 2.08. The summed E-state index contributed by atoms with van der Waals surface area (Å²) < 4.78 is 1.26. The Bertz CT molecular complexity index is 649. The van der Waals surface area contributed by atoms with Gasteiger partial charge in [-0.2, -0.15) is 5.10 Å². The second-order valence-electron chi connectivity index (χ2n) is 3.85. The molecule has 0 amide bonds. The molecule has 0 saturated carbocycles. The molecule has 0 aliphatic rings. The van der Waals surface area contributed by atoms with Crippen molar-refractivity contribution in [1.82, 2.24) is 14.8 Å². The van der Waals surface area contributed by atoms with E-state index in [0.29, 0.717) is 18.8 Å². The molecule has 0 radical (unpaired) electrons. The van der Waals surface area contributed by atoms with Crippen LogP contribution in [-0.4, -0.2) is 14.8 Å². The standard InChI is InChI=1S/C12H13ClN4OS/c1-3-4-17-12(18)11(13)10(7-16-17)15-6-9-5-14-8(2)19-9/h3,5,7,15H,1,4,6H2,2H3. The van der Waals surface area contributed by atoms with Gasteiger partial charge in [-0.25, -0.2) is 9.67 Å². The highest BCUT2D eigenvalue weighted by molar-refractivity contribution is 7.11. The van der Waals surface area contributed by atoms with E-state index < -0.39 is 0 Å². The third kappa shape index (κ3) is 3.21. The summed E-state index contributed by atoms with van der Waals surface area (Å²) in [5.41, 5.74) is 0.199. The molecule has 0 spiro atoms. The molecule has 0 saturated heterocycles. The monoisotopic (exact) mass is 296 g/mol. The zero-order valence-electron chi connectivity index (χ0n) is 10.4. The molecule has 2 aromatic rings. The van der Waals surface area contributed by atoms with Gasteiger partial charge in [0.05, 0.1) is 30.0 Å². The van der Waals surface area contributed by atoms with E-state index in [1.54, 1.807) is 29.8 Å². The molecule has 0 unspecified atom stereocenters. The number of hydrogen-bond acceptors (Lipinski definition) is 5. The molecule has 0 aromatic carbocycles. The van der Waals surface area contributed by atoms with E-state index in [-0.39, 0.29) is 10.6 Å². The molecule has 0 aliphatic carbocycles. The van der Waals surface area contributed by atoms with Crippen molar-refractivity contribution in [1.29, 1.82) is 0 Å². The Morgan fingerprint density at radius 1 is 1.58 bits per heavy atom. The number of thiazole rings is 1. The molecular weight excluding hydrogens is 284 g/mol. The lowest BCUT2D eigenvalue weighted by atomic mass is 10.4. The van der Waals surface area contributed by atoms with Gasteiger partial charge in [-0.15, -0.1) is 17.9 Å². The molecule has 100 valence electrons. The van der Waals surface area contributed by atoms with Crippen LogP contribution in [0.3, 0.4) is 0 Å². The summed E-state index contributed by atoms with van der Waals surface area (Å²) in [6.07, 6.45) is 4.94. The SMILES string of the molecule is C=CCn1ncc(NCc2cnc(C)s2)c(Cl)c1=O. The molecule has 1 N–H and O–H groups in total. The molecule has 0 aliphatic heterocycles. The van der Waals surface area contributed by atoms with Gasteiger partial charge >= 0.3 is 0 Å². The van der Waals surface area contributed by atoms with Crippen LogP contribution in [-0.2, 0) is 13.1 Å². The average molecular weight is 297 g/mol. The van der Waals surface area contributed by atoms with E-state index in [1.807, 2.05) is 6.92 Å². The van der Waals surface area contributed by atoms with Crippen LogP contribution in [0.1, 0.15) is 9.88 Å². The Labute approximate surface area is 119 Å². The van der Waals surface area contributed by atoms with Crippen molar-refractivity contribution in [3.8, 4) is 0 Å². The van der Waals surface area contributed by atoms with Gasteiger partial charge in [0.2, 0.25) is 0 Å². The predicted molar refractivity (Wildman–Crippen MR) is 77.9 cm³/mol. The van der Waals surface area contributed by atoms with Crippen LogP contribution >= 0.6 is 22.9 Å². The Morgan fingerprint density at radius 2 is 2.37 bits per heavy atom. The van der Waals surface area contributed by atoms with Gasteiger partial charge in [0.25, 0.3) is 5.56 Å². The fourth-order valence-corrected chi connectivity index (χ4v) is 2.46. The van der Waals surface area contributed by atoms with Gasteiger partial charge in [-0.3, -0.25) is 4.79 Å². The van der Waals surface area contributed by atoms with Crippen molar-refractivity contribution < 1.29 is 0 Å². The number of allylic oxidation sites excluding steroid dienone is 1. The van der Waals surface area contributed by atoms with E-state index in [4.69, 9.17) is 11.6 Å². The summed E-state index contributed by atoms with van der Waals surface area (Å²) in [5, 5.41) is 8.25. The highest BCUT2D eigenvalue weighted by Crippen LogP contribution is 2.18. The smallest absolute Gasteiger partial charge is 0.287 e. The maximum Gasteiger partial charge on any atom is 0.287 e. The van der Waals surface area contributed by atoms with Crippen molar-refractivity contribution in [3.63, 3.8) is 0 Å². The van der Waals surface area contributed by atoms with E-state index in [2.05, 4.69) is 22.0 Å². The van der Waals surface area contributed by atoms with Crippen LogP contribution < -0.4 is 10.9 Å². The van der Waals surface area contributed by atoms with Crippen molar-refractivity contribution in [2.45, 2.75) is 20.0 Å². The largest absolute Gasteiger partial charge is 0.377 e. The number of hydrogen-bond donors (Lipinski definition) is 1. The number of nitrogens with zero attached hydrogens (tertiary/aromatic N) is 3. The van der Waals surface area contributed by atoms with E-state index in [1.165, 1.54) is 4.68 Å². The first-order chi connectivity index (χ1) is 9.11. The topological polar surface area (TPSA) is 59.8 Å². The van der Waals surface area contributed by atoms with Crippen LogP contribution in [0.5, 0.6) is 0 Å². The lowest BCUT2D eigenvalue weighted by Crippen LogP contribution is -2.23. The summed E-state index contributed by atoms with van der Waals surface area (Å²) in [4.78, 5) is 17.1. The van der Waals surface area contributed by atoms with Crippen LogP contribution in [0.15, 0.2) is 29.8 Å². The third-order valence-corrected chi connectivity index (χ3v) is 3.69. The molecule has 2 aromatic heterocycles. The van der Waals surface area contributed by atoms with Crippen LogP contribution in [0.2, 0.25) is 5.02 Å². The Balaban J connectivity index is 2.15.